The molecule has 0 fully saturated rings. The number of hydrogen-bond donors (Lipinski definition) is 0. The first-order valence-corrected chi connectivity index (χ1v) is 7.98. The van der Waals surface area contributed by atoms with Crippen LogP contribution in [0.4, 0.5) is 0 Å². The van der Waals surface area contributed by atoms with Crippen LogP contribution in [0.2, 0.25) is 0 Å². The summed E-state index contributed by atoms with van der Waals surface area (Å²) >= 11 is 5.79. The number of rotatable bonds is 6. The summed E-state index contributed by atoms with van der Waals surface area (Å²) in [5.41, 5.74) is 0. The van der Waals surface area contributed by atoms with Crippen LogP contribution in [0.5, 0.6) is 5.75 Å². The zero-order chi connectivity index (χ0) is 13.6. The Kier molecular flexibility index (Phi) is 4.85. The minimum atomic E-state index is -3.43. The fourth-order valence-electron chi connectivity index (χ4n) is 1.18. The molecule has 1 rings (SSSR count). The zero-order valence-electron chi connectivity index (χ0n) is 10.1. The third-order valence-electron chi connectivity index (χ3n) is 1.98. The van der Waals surface area contributed by atoms with Gasteiger partial charge < -0.3 is 9.05 Å². The minimum Gasteiger partial charge on any atom is -0.451 e. The van der Waals surface area contributed by atoms with Crippen LogP contribution in [0.1, 0.15) is 6.92 Å². The van der Waals surface area contributed by atoms with E-state index in [1.165, 1.54) is 6.92 Å². The predicted octanol–water partition coefficient (Wildman–Crippen LogP) is 3.47. The first-order valence-electron chi connectivity index (χ1n) is 5.35. The Bertz CT molecular complexity index is 443. The van der Waals surface area contributed by atoms with Crippen LogP contribution in [0.3, 0.4) is 0 Å². The minimum absolute atomic E-state index is 0.132. The van der Waals surface area contributed by atoms with Crippen LogP contribution in [-0.2, 0) is 13.9 Å². The molecule has 0 aliphatic carbocycles. The van der Waals surface area contributed by atoms with Crippen molar-refractivity contribution in [1.29, 1.82) is 1.28 Å². The highest BCUT2D eigenvalue weighted by molar-refractivity contribution is 7.85. The van der Waals surface area contributed by atoms with Gasteiger partial charge in [0.15, 0.2) is 0 Å². The van der Waals surface area contributed by atoms with Crippen LogP contribution in [0.15, 0.2) is 30.3 Å². The van der Waals surface area contributed by atoms with Crippen molar-refractivity contribution in [3.8, 4) is 5.75 Å². The van der Waals surface area contributed by atoms with E-state index in [-0.39, 0.29) is 6.16 Å². The molecule has 4 nitrogen and oxygen atoms in total. The van der Waals surface area contributed by atoms with E-state index < -0.39 is 28.0 Å². The molecule has 0 bridgehead atoms. The number of halogens is 1. The second kappa shape index (κ2) is 6.39. The van der Waals surface area contributed by atoms with Crippen molar-refractivity contribution in [2.24, 2.45) is 5.92 Å². The van der Waals surface area contributed by atoms with Gasteiger partial charge in [0, 0.05) is 0 Å². The van der Waals surface area contributed by atoms with Crippen molar-refractivity contribution < 1.29 is 18.4 Å². The molecule has 94 valence electrons. The molecule has 0 N–H and O–H groups in total. The molecule has 2 unspecified atom stereocenters. The number of benzene rings is 1. The van der Waals surface area contributed by atoms with Crippen molar-refractivity contribution >= 4 is 33.3 Å². The third-order valence-corrected chi connectivity index (χ3v) is 4.27. The first-order chi connectivity index (χ1) is 8.44. The Hall–Kier alpha value is -0.560. The standard InChI is InChI=1S/C10H13ClO4P2/c1-8(10(12)14-16)7-17(11,13)15-9-5-3-2-4-6-9/h2-6,8H,7,16H2,1H3/t8-,17?/m0/s1/i16D/t8-,16?,17?. The Morgan fingerprint density at radius 2 is 2.24 bits per heavy atom. The zero-order valence-corrected chi connectivity index (χ0v) is 11.8. The van der Waals surface area contributed by atoms with Gasteiger partial charge in [0.25, 0.3) is 0 Å². The SMILES string of the molecule is [2H]POC(=O)[C@@H](C)CP(=O)(Cl)Oc1ccccc1. The van der Waals surface area contributed by atoms with Gasteiger partial charge in [-0.05, 0) is 23.4 Å². The van der Waals surface area contributed by atoms with Gasteiger partial charge in [-0.25, -0.2) is 0 Å². The molecule has 0 aliphatic heterocycles. The average Bonchev–Trinajstić information content (AvgIpc) is 2.29. The lowest BCUT2D eigenvalue weighted by Crippen LogP contribution is -2.15. The highest BCUT2D eigenvalue weighted by Gasteiger charge is 2.28. The van der Waals surface area contributed by atoms with Crippen molar-refractivity contribution in [1.82, 2.24) is 0 Å². The summed E-state index contributed by atoms with van der Waals surface area (Å²) in [7, 11) is -0.682. The van der Waals surface area contributed by atoms with E-state index in [1.807, 2.05) is 0 Å². The van der Waals surface area contributed by atoms with Gasteiger partial charge in [-0.2, -0.15) is 0 Å². The van der Waals surface area contributed by atoms with Crippen molar-refractivity contribution in [2.45, 2.75) is 6.92 Å². The Morgan fingerprint density at radius 3 is 2.82 bits per heavy atom. The van der Waals surface area contributed by atoms with E-state index in [4.69, 9.17) is 17.0 Å². The van der Waals surface area contributed by atoms with Gasteiger partial charge in [0.2, 0.25) is 0 Å². The van der Waals surface area contributed by atoms with Gasteiger partial charge >= 0.3 is 12.7 Å². The van der Waals surface area contributed by atoms with Crippen LogP contribution < -0.4 is 4.52 Å². The number of carbonyl (C=O) groups is 1. The molecule has 0 heterocycles. The summed E-state index contributed by atoms with van der Waals surface area (Å²) in [5.74, 6) is -0.880. The number of para-hydroxylation sites is 1. The van der Waals surface area contributed by atoms with E-state index in [1.54, 1.807) is 30.3 Å². The molecular weight excluding hydrogens is 282 g/mol. The maximum atomic E-state index is 12.0. The highest BCUT2D eigenvalue weighted by Crippen LogP contribution is 2.53. The van der Waals surface area contributed by atoms with Gasteiger partial charge in [-0.3, -0.25) is 9.36 Å². The monoisotopic (exact) mass is 295 g/mol. The fraction of sp³-hybridized carbons (Fsp3) is 0.300. The Morgan fingerprint density at radius 1 is 1.59 bits per heavy atom. The molecule has 0 saturated carbocycles. The molecule has 1 aromatic carbocycles. The summed E-state index contributed by atoms with van der Waals surface area (Å²) in [4.78, 5) is 11.3. The second-order valence-corrected chi connectivity index (χ2v) is 6.98. The predicted molar refractivity (Wildman–Crippen MR) is 70.4 cm³/mol. The molecule has 0 amide bonds. The highest BCUT2D eigenvalue weighted by atomic mass is 35.7. The van der Waals surface area contributed by atoms with Gasteiger partial charge in [-0.15, -0.1) is 0 Å². The summed E-state index contributed by atoms with van der Waals surface area (Å²) < 4.78 is 28.5. The molecule has 0 radical (unpaired) electrons. The van der Waals surface area contributed by atoms with Gasteiger partial charge in [0.05, 0.1) is 22.8 Å². The van der Waals surface area contributed by atoms with E-state index in [0.29, 0.717) is 5.75 Å². The third kappa shape index (κ3) is 5.08. The van der Waals surface area contributed by atoms with E-state index >= 15 is 0 Å². The van der Waals surface area contributed by atoms with Crippen LogP contribution in [0, 0.1) is 5.92 Å². The number of hydrogen-bond acceptors (Lipinski definition) is 4. The quantitative estimate of drug-likeness (QED) is 0.754. The summed E-state index contributed by atoms with van der Waals surface area (Å²) in [6.45, 7) is -1.90. The Labute approximate surface area is 108 Å². The molecule has 7 heteroatoms. The van der Waals surface area contributed by atoms with E-state index in [9.17, 15) is 9.36 Å². The van der Waals surface area contributed by atoms with Crippen LogP contribution in [-0.4, -0.2) is 13.4 Å². The molecule has 0 spiro atoms. The fourth-order valence-corrected chi connectivity index (χ4v) is 3.55. The van der Waals surface area contributed by atoms with Crippen LogP contribution in [0.25, 0.3) is 0 Å². The first kappa shape index (κ1) is 12.9. The lowest BCUT2D eigenvalue weighted by molar-refractivity contribution is -0.136. The van der Waals surface area contributed by atoms with E-state index in [0.717, 1.165) is 0 Å². The topological polar surface area (TPSA) is 52.6 Å². The molecule has 0 aliphatic rings. The smallest absolute Gasteiger partial charge is 0.337 e. The molecule has 0 aromatic heterocycles. The molecule has 17 heavy (non-hydrogen) atoms. The summed E-state index contributed by atoms with van der Waals surface area (Å²) in [6.07, 6.45) is -0.132. The molecule has 0 saturated heterocycles. The second-order valence-electron chi connectivity index (χ2n) is 3.50. The van der Waals surface area contributed by atoms with E-state index in [2.05, 4.69) is 4.52 Å². The maximum absolute atomic E-state index is 12.0. The summed E-state index contributed by atoms with van der Waals surface area (Å²) in [6, 6.07) is 8.50. The van der Waals surface area contributed by atoms with Gasteiger partial charge in [0.1, 0.15) is 5.75 Å². The normalized spacial score (nSPS) is 17.2. The molecule has 1 aromatic rings. The number of carbonyl (C=O) groups excluding carboxylic acids is 1. The van der Waals surface area contributed by atoms with Crippen molar-refractivity contribution in [3.63, 3.8) is 0 Å². The van der Waals surface area contributed by atoms with Crippen molar-refractivity contribution in [2.75, 3.05) is 6.16 Å². The van der Waals surface area contributed by atoms with Crippen molar-refractivity contribution in [3.05, 3.63) is 30.3 Å². The summed E-state index contributed by atoms with van der Waals surface area (Å²) in [5, 5.41) is 0. The van der Waals surface area contributed by atoms with Gasteiger partial charge in [-0.1, -0.05) is 25.1 Å². The van der Waals surface area contributed by atoms with Crippen LogP contribution >= 0.6 is 27.4 Å². The lowest BCUT2D eigenvalue weighted by Gasteiger charge is -2.15. The maximum Gasteiger partial charge on any atom is 0.337 e. The molecule has 3 atom stereocenters. The molecular formula is C10H13ClO4P2. The lowest BCUT2D eigenvalue weighted by atomic mass is 10.2. The average molecular weight is 296 g/mol. The Balaban J connectivity index is 2.59. The largest absolute Gasteiger partial charge is 0.451 e.